The fourth-order valence-corrected chi connectivity index (χ4v) is 3.76. The number of aromatic nitrogens is 3. The van der Waals surface area contributed by atoms with Gasteiger partial charge in [-0.3, -0.25) is 0 Å². The van der Waals surface area contributed by atoms with Gasteiger partial charge in [-0.15, -0.1) is 0 Å². The Morgan fingerprint density at radius 1 is 1.03 bits per heavy atom. The SMILES string of the molecule is CCc1cc(-c2noc(-c3cc(CC(C)C)cc(C)n3)n2)cc(C[C@H](C)O)c1OC. The second kappa shape index (κ2) is 9.39. The Kier molecular flexibility index (Phi) is 6.87. The first kappa shape index (κ1) is 22.0. The molecule has 3 rings (SSSR count). The molecule has 30 heavy (non-hydrogen) atoms. The molecule has 6 heteroatoms. The average molecular weight is 410 g/mol. The van der Waals surface area contributed by atoms with Gasteiger partial charge in [-0.2, -0.15) is 4.98 Å². The quantitative estimate of drug-likeness (QED) is 0.575. The van der Waals surface area contributed by atoms with Crippen LogP contribution < -0.4 is 4.74 Å². The van der Waals surface area contributed by atoms with E-state index in [9.17, 15) is 5.11 Å². The average Bonchev–Trinajstić information content (AvgIpc) is 3.16. The number of aryl methyl sites for hydroxylation is 2. The van der Waals surface area contributed by atoms with Gasteiger partial charge in [-0.1, -0.05) is 25.9 Å². The van der Waals surface area contributed by atoms with E-state index in [1.165, 1.54) is 5.56 Å². The molecular formula is C24H31N3O3. The van der Waals surface area contributed by atoms with Crippen LogP contribution in [0, 0.1) is 12.8 Å². The minimum absolute atomic E-state index is 0.407. The van der Waals surface area contributed by atoms with Crippen LogP contribution in [0.2, 0.25) is 0 Å². The van der Waals surface area contributed by atoms with Crippen molar-refractivity contribution in [3.8, 4) is 28.7 Å². The minimum atomic E-state index is -0.476. The van der Waals surface area contributed by atoms with E-state index in [1.54, 1.807) is 14.0 Å². The number of hydrogen-bond donors (Lipinski definition) is 1. The fourth-order valence-electron chi connectivity index (χ4n) is 3.76. The summed E-state index contributed by atoms with van der Waals surface area (Å²) in [5, 5.41) is 14.1. The maximum absolute atomic E-state index is 9.90. The molecule has 0 aliphatic rings. The van der Waals surface area contributed by atoms with E-state index in [0.717, 1.165) is 41.0 Å². The van der Waals surface area contributed by atoms with E-state index in [2.05, 4.69) is 42.0 Å². The van der Waals surface area contributed by atoms with Gasteiger partial charge in [0.1, 0.15) is 11.4 Å². The smallest absolute Gasteiger partial charge is 0.276 e. The lowest BCUT2D eigenvalue weighted by molar-refractivity contribution is 0.194. The Hall–Kier alpha value is -2.73. The molecule has 160 valence electrons. The molecule has 0 bridgehead atoms. The summed E-state index contributed by atoms with van der Waals surface area (Å²) >= 11 is 0. The molecule has 0 radical (unpaired) electrons. The maximum Gasteiger partial charge on any atom is 0.276 e. The van der Waals surface area contributed by atoms with Crippen LogP contribution >= 0.6 is 0 Å². The second-order valence-electron chi connectivity index (χ2n) is 8.26. The van der Waals surface area contributed by atoms with Gasteiger partial charge in [-0.05, 0) is 73.6 Å². The fraction of sp³-hybridized carbons (Fsp3) is 0.458. The van der Waals surface area contributed by atoms with Crippen LogP contribution in [0.4, 0.5) is 0 Å². The van der Waals surface area contributed by atoms with Gasteiger partial charge in [0.05, 0.1) is 13.2 Å². The number of hydrogen-bond acceptors (Lipinski definition) is 6. The molecule has 1 N–H and O–H groups in total. The van der Waals surface area contributed by atoms with Crippen molar-refractivity contribution in [2.75, 3.05) is 7.11 Å². The number of ether oxygens (including phenoxy) is 1. The normalized spacial score (nSPS) is 12.4. The molecule has 6 nitrogen and oxygen atoms in total. The summed E-state index contributed by atoms with van der Waals surface area (Å²) in [6.07, 6.45) is 1.79. The predicted molar refractivity (Wildman–Crippen MR) is 118 cm³/mol. The first-order chi connectivity index (χ1) is 14.3. The Balaban J connectivity index is 2.01. The van der Waals surface area contributed by atoms with E-state index < -0.39 is 6.10 Å². The van der Waals surface area contributed by atoms with Crippen LogP contribution in [0.5, 0.6) is 5.75 Å². The Bertz CT molecular complexity index is 1010. The number of nitrogens with zero attached hydrogens (tertiary/aromatic N) is 3. The highest BCUT2D eigenvalue weighted by Gasteiger charge is 2.18. The highest BCUT2D eigenvalue weighted by molar-refractivity contribution is 5.63. The number of benzene rings is 1. The molecule has 0 unspecified atom stereocenters. The third-order valence-corrected chi connectivity index (χ3v) is 4.90. The van der Waals surface area contributed by atoms with Crippen LogP contribution in [-0.4, -0.2) is 33.4 Å². The first-order valence-corrected chi connectivity index (χ1v) is 10.5. The lowest BCUT2D eigenvalue weighted by Crippen LogP contribution is -2.07. The lowest BCUT2D eigenvalue weighted by atomic mass is 9.98. The van der Waals surface area contributed by atoms with Crippen molar-refractivity contribution in [2.24, 2.45) is 5.92 Å². The van der Waals surface area contributed by atoms with Crippen molar-refractivity contribution in [1.82, 2.24) is 15.1 Å². The van der Waals surface area contributed by atoms with Gasteiger partial charge in [-0.25, -0.2) is 4.98 Å². The van der Waals surface area contributed by atoms with Gasteiger partial charge in [0.15, 0.2) is 0 Å². The third kappa shape index (κ3) is 5.05. The molecule has 0 aliphatic carbocycles. The van der Waals surface area contributed by atoms with Crippen molar-refractivity contribution in [3.63, 3.8) is 0 Å². The molecule has 3 aromatic rings. The molecule has 1 atom stereocenters. The number of aliphatic hydroxyl groups is 1. The van der Waals surface area contributed by atoms with E-state index in [1.807, 2.05) is 25.1 Å². The number of aliphatic hydroxyl groups excluding tert-OH is 1. The molecule has 1 aromatic carbocycles. The molecule has 0 saturated carbocycles. The zero-order valence-corrected chi connectivity index (χ0v) is 18.7. The summed E-state index contributed by atoms with van der Waals surface area (Å²) < 4.78 is 11.2. The zero-order valence-electron chi connectivity index (χ0n) is 18.7. The van der Waals surface area contributed by atoms with E-state index >= 15 is 0 Å². The lowest BCUT2D eigenvalue weighted by Gasteiger charge is -2.15. The molecular weight excluding hydrogens is 378 g/mol. The Labute approximate surface area is 178 Å². The van der Waals surface area contributed by atoms with Crippen molar-refractivity contribution in [3.05, 3.63) is 46.6 Å². The van der Waals surface area contributed by atoms with Crippen LogP contribution in [0.3, 0.4) is 0 Å². The van der Waals surface area contributed by atoms with Crippen molar-refractivity contribution >= 4 is 0 Å². The van der Waals surface area contributed by atoms with Crippen LogP contribution in [0.15, 0.2) is 28.8 Å². The van der Waals surface area contributed by atoms with Gasteiger partial charge in [0, 0.05) is 17.7 Å². The van der Waals surface area contributed by atoms with E-state index in [-0.39, 0.29) is 0 Å². The highest BCUT2D eigenvalue weighted by Crippen LogP contribution is 2.32. The molecule has 0 amide bonds. The second-order valence-corrected chi connectivity index (χ2v) is 8.26. The summed E-state index contributed by atoms with van der Waals surface area (Å²) in [7, 11) is 1.66. The summed E-state index contributed by atoms with van der Waals surface area (Å²) in [6, 6.07) is 8.11. The van der Waals surface area contributed by atoms with Crippen LogP contribution in [0.1, 0.15) is 50.1 Å². The molecule has 2 heterocycles. The topological polar surface area (TPSA) is 81.3 Å². The predicted octanol–water partition coefficient (Wildman–Crippen LogP) is 4.80. The van der Waals surface area contributed by atoms with Crippen LogP contribution in [0.25, 0.3) is 23.0 Å². The van der Waals surface area contributed by atoms with Gasteiger partial charge >= 0.3 is 0 Å². The van der Waals surface area contributed by atoms with Crippen LogP contribution in [-0.2, 0) is 19.3 Å². The monoisotopic (exact) mass is 409 g/mol. The molecule has 2 aromatic heterocycles. The largest absolute Gasteiger partial charge is 0.496 e. The highest BCUT2D eigenvalue weighted by atomic mass is 16.5. The standard InChI is InChI=1S/C24H31N3O3/c1-7-18-12-20(13-19(10-16(5)28)22(18)29-6)23-26-24(30-27-23)21-11-17(8-14(2)3)9-15(4)25-21/h9,11-14,16,28H,7-8,10H2,1-6H3/t16-/m0/s1. The summed E-state index contributed by atoms with van der Waals surface area (Å²) in [5.74, 6) is 2.27. The molecule has 0 aliphatic heterocycles. The summed E-state index contributed by atoms with van der Waals surface area (Å²) in [4.78, 5) is 9.21. The van der Waals surface area contributed by atoms with E-state index in [4.69, 9.17) is 9.26 Å². The molecule has 0 fully saturated rings. The number of methoxy groups -OCH3 is 1. The Morgan fingerprint density at radius 3 is 2.40 bits per heavy atom. The van der Waals surface area contributed by atoms with Gasteiger partial charge < -0.3 is 14.4 Å². The molecule has 0 spiro atoms. The van der Waals surface area contributed by atoms with Crippen molar-refractivity contribution in [1.29, 1.82) is 0 Å². The van der Waals surface area contributed by atoms with Gasteiger partial charge in [0.25, 0.3) is 5.89 Å². The summed E-state index contributed by atoms with van der Waals surface area (Å²) in [6.45, 7) is 10.2. The van der Waals surface area contributed by atoms with Crippen molar-refractivity contribution < 1.29 is 14.4 Å². The van der Waals surface area contributed by atoms with Gasteiger partial charge in [0.2, 0.25) is 5.82 Å². The first-order valence-electron chi connectivity index (χ1n) is 10.5. The third-order valence-electron chi connectivity index (χ3n) is 4.90. The zero-order chi connectivity index (χ0) is 21.8. The molecule has 0 saturated heterocycles. The summed E-state index contributed by atoms with van der Waals surface area (Å²) in [5.41, 5.74) is 5.65. The minimum Gasteiger partial charge on any atom is -0.496 e. The maximum atomic E-state index is 9.90. The van der Waals surface area contributed by atoms with E-state index in [0.29, 0.717) is 29.7 Å². The number of rotatable bonds is 8. The Morgan fingerprint density at radius 2 is 1.77 bits per heavy atom. The van der Waals surface area contributed by atoms with Crippen molar-refractivity contribution in [2.45, 2.75) is 60.0 Å². The number of pyridine rings is 1.